The number of nitrogens with two attached hydrogens (primary N) is 1. The van der Waals surface area contributed by atoms with Gasteiger partial charge in [0, 0.05) is 31.2 Å². The van der Waals surface area contributed by atoms with Crippen molar-refractivity contribution in [1.29, 1.82) is 0 Å². The van der Waals surface area contributed by atoms with Crippen molar-refractivity contribution < 1.29 is 9.59 Å². The van der Waals surface area contributed by atoms with Gasteiger partial charge in [0.15, 0.2) is 0 Å². The molecule has 1 aliphatic rings. The third-order valence-electron chi connectivity index (χ3n) is 4.38. The number of nitrogens with one attached hydrogen (secondary N) is 1. The molecule has 0 bridgehead atoms. The SMILES string of the molecule is CCCCNC(=O)C1CCN(C(=O)Cc2ccc(N)cc2)CC1.Cl. The van der Waals surface area contributed by atoms with Crippen LogP contribution in [0.5, 0.6) is 0 Å². The highest BCUT2D eigenvalue weighted by molar-refractivity contribution is 5.85. The lowest BCUT2D eigenvalue weighted by molar-refractivity contribution is -0.135. The van der Waals surface area contributed by atoms with E-state index in [2.05, 4.69) is 12.2 Å². The number of unbranched alkanes of at least 4 members (excludes halogenated alkanes) is 1. The van der Waals surface area contributed by atoms with E-state index < -0.39 is 0 Å². The molecule has 1 fully saturated rings. The van der Waals surface area contributed by atoms with Crippen molar-refractivity contribution in [2.24, 2.45) is 5.92 Å². The van der Waals surface area contributed by atoms with Crippen molar-refractivity contribution in [3.63, 3.8) is 0 Å². The van der Waals surface area contributed by atoms with Gasteiger partial charge in [-0.25, -0.2) is 0 Å². The van der Waals surface area contributed by atoms with Crippen molar-refractivity contribution in [1.82, 2.24) is 10.2 Å². The molecular weight excluding hydrogens is 326 g/mol. The number of rotatable bonds is 6. The second-order valence-electron chi connectivity index (χ2n) is 6.22. The molecule has 1 aliphatic heterocycles. The van der Waals surface area contributed by atoms with Gasteiger partial charge in [-0.05, 0) is 37.0 Å². The molecule has 1 heterocycles. The molecule has 2 amide bonds. The Morgan fingerprint density at radius 1 is 1.21 bits per heavy atom. The zero-order chi connectivity index (χ0) is 16.7. The van der Waals surface area contributed by atoms with Gasteiger partial charge in [0.2, 0.25) is 11.8 Å². The number of carbonyl (C=O) groups excluding carboxylic acids is 2. The highest BCUT2D eigenvalue weighted by Crippen LogP contribution is 2.18. The van der Waals surface area contributed by atoms with Crippen LogP contribution in [0.2, 0.25) is 0 Å². The summed E-state index contributed by atoms with van der Waals surface area (Å²) in [5.41, 5.74) is 7.33. The van der Waals surface area contributed by atoms with Crippen molar-refractivity contribution in [3.05, 3.63) is 29.8 Å². The summed E-state index contributed by atoms with van der Waals surface area (Å²) >= 11 is 0. The van der Waals surface area contributed by atoms with E-state index in [0.717, 1.165) is 37.8 Å². The number of piperidine rings is 1. The molecule has 0 unspecified atom stereocenters. The second-order valence-corrected chi connectivity index (χ2v) is 6.22. The Morgan fingerprint density at radius 3 is 2.42 bits per heavy atom. The van der Waals surface area contributed by atoms with Crippen LogP contribution in [0.3, 0.4) is 0 Å². The monoisotopic (exact) mass is 353 g/mol. The number of hydrogen-bond acceptors (Lipinski definition) is 3. The molecule has 24 heavy (non-hydrogen) atoms. The Morgan fingerprint density at radius 2 is 1.83 bits per heavy atom. The number of likely N-dealkylation sites (tertiary alicyclic amines) is 1. The fraction of sp³-hybridized carbons (Fsp3) is 0.556. The van der Waals surface area contributed by atoms with E-state index in [-0.39, 0.29) is 30.1 Å². The third kappa shape index (κ3) is 6.04. The molecular formula is C18H28ClN3O2. The largest absolute Gasteiger partial charge is 0.399 e. The molecule has 0 atom stereocenters. The van der Waals surface area contributed by atoms with E-state index in [1.54, 1.807) is 0 Å². The van der Waals surface area contributed by atoms with Crippen molar-refractivity contribution in [3.8, 4) is 0 Å². The minimum Gasteiger partial charge on any atom is -0.399 e. The van der Waals surface area contributed by atoms with Crippen LogP contribution in [0, 0.1) is 5.92 Å². The Balaban J connectivity index is 0.00000288. The van der Waals surface area contributed by atoms with E-state index in [4.69, 9.17) is 5.73 Å². The second kappa shape index (κ2) is 10.2. The van der Waals surface area contributed by atoms with E-state index in [9.17, 15) is 9.59 Å². The van der Waals surface area contributed by atoms with Gasteiger partial charge >= 0.3 is 0 Å². The molecule has 134 valence electrons. The zero-order valence-corrected chi connectivity index (χ0v) is 15.1. The fourth-order valence-corrected chi connectivity index (χ4v) is 2.85. The maximum atomic E-state index is 12.3. The van der Waals surface area contributed by atoms with Crippen molar-refractivity contribution >= 4 is 29.9 Å². The molecule has 1 aromatic carbocycles. The smallest absolute Gasteiger partial charge is 0.226 e. The molecule has 6 heteroatoms. The zero-order valence-electron chi connectivity index (χ0n) is 14.3. The van der Waals surface area contributed by atoms with Gasteiger partial charge < -0.3 is 16.0 Å². The summed E-state index contributed by atoms with van der Waals surface area (Å²) in [5.74, 6) is 0.316. The van der Waals surface area contributed by atoms with Gasteiger partial charge in [0.05, 0.1) is 6.42 Å². The molecule has 0 aliphatic carbocycles. The first-order valence-electron chi connectivity index (χ1n) is 8.50. The van der Waals surface area contributed by atoms with Crippen molar-refractivity contribution in [2.75, 3.05) is 25.4 Å². The Bertz CT molecular complexity index is 526. The summed E-state index contributed by atoms with van der Waals surface area (Å²) in [5, 5.41) is 2.99. The molecule has 0 saturated carbocycles. The van der Waals surface area contributed by atoms with E-state index in [0.29, 0.717) is 25.2 Å². The van der Waals surface area contributed by atoms with Gasteiger partial charge in [-0.15, -0.1) is 12.4 Å². The number of halogens is 1. The summed E-state index contributed by atoms with van der Waals surface area (Å²) in [6.07, 6.45) is 4.01. The quantitative estimate of drug-likeness (QED) is 0.609. The lowest BCUT2D eigenvalue weighted by atomic mass is 9.95. The third-order valence-corrected chi connectivity index (χ3v) is 4.38. The lowest BCUT2D eigenvalue weighted by Crippen LogP contribution is -2.43. The molecule has 5 nitrogen and oxygen atoms in total. The Hall–Kier alpha value is -1.75. The lowest BCUT2D eigenvalue weighted by Gasteiger charge is -2.31. The number of nitrogens with zero attached hydrogens (tertiary/aromatic N) is 1. The van der Waals surface area contributed by atoms with Crippen LogP contribution in [0.1, 0.15) is 38.2 Å². The normalized spacial score (nSPS) is 14.8. The van der Waals surface area contributed by atoms with Crippen LogP contribution >= 0.6 is 12.4 Å². The molecule has 3 N–H and O–H groups in total. The van der Waals surface area contributed by atoms with Gasteiger partial charge in [-0.2, -0.15) is 0 Å². The summed E-state index contributed by atoms with van der Waals surface area (Å²) in [4.78, 5) is 26.2. The number of anilines is 1. The summed E-state index contributed by atoms with van der Waals surface area (Å²) in [6.45, 7) is 4.20. The minimum absolute atomic E-state index is 0. The number of carbonyl (C=O) groups is 2. The van der Waals surface area contributed by atoms with Crippen LogP contribution in [-0.4, -0.2) is 36.3 Å². The Labute approximate surface area is 150 Å². The van der Waals surface area contributed by atoms with Crippen molar-refractivity contribution in [2.45, 2.75) is 39.0 Å². The first kappa shape index (κ1) is 20.3. The number of amides is 2. The average molecular weight is 354 g/mol. The maximum absolute atomic E-state index is 12.3. The van der Waals surface area contributed by atoms with Gasteiger partial charge in [-0.1, -0.05) is 25.5 Å². The number of hydrogen-bond donors (Lipinski definition) is 2. The van der Waals surface area contributed by atoms with Crippen LogP contribution in [-0.2, 0) is 16.0 Å². The summed E-state index contributed by atoms with van der Waals surface area (Å²) in [6, 6.07) is 7.41. The van der Waals surface area contributed by atoms with Crippen LogP contribution < -0.4 is 11.1 Å². The molecule has 0 aromatic heterocycles. The fourth-order valence-electron chi connectivity index (χ4n) is 2.85. The Kier molecular flexibility index (Phi) is 8.61. The first-order chi connectivity index (χ1) is 11.1. The van der Waals surface area contributed by atoms with E-state index in [1.165, 1.54) is 0 Å². The summed E-state index contributed by atoms with van der Waals surface area (Å²) in [7, 11) is 0. The summed E-state index contributed by atoms with van der Waals surface area (Å²) < 4.78 is 0. The predicted octanol–water partition coefficient (Wildman–Crippen LogP) is 2.39. The van der Waals surface area contributed by atoms with Crippen LogP contribution in [0.25, 0.3) is 0 Å². The van der Waals surface area contributed by atoms with E-state index >= 15 is 0 Å². The molecule has 1 saturated heterocycles. The van der Waals surface area contributed by atoms with Gasteiger partial charge in [0.25, 0.3) is 0 Å². The maximum Gasteiger partial charge on any atom is 0.226 e. The van der Waals surface area contributed by atoms with E-state index in [1.807, 2.05) is 29.2 Å². The van der Waals surface area contributed by atoms with Gasteiger partial charge in [0.1, 0.15) is 0 Å². The van der Waals surface area contributed by atoms with Gasteiger partial charge in [-0.3, -0.25) is 9.59 Å². The van der Waals surface area contributed by atoms with Crippen LogP contribution in [0.4, 0.5) is 5.69 Å². The van der Waals surface area contributed by atoms with Crippen LogP contribution in [0.15, 0.2) is 24.3 Å². The average Bonchev–Trinajstić information content (AvgIpc) is 2.57. The topological polar surface area (TPSA) is 75.4 Å². The standard InChI is InChI=1S/C18H27N3O2.ClH/c1-2-3-10-20-18(23)15-8-11-21(12-9-15)17(22)13-14-4-6-16(19)7-5-14;/h4-7,15H,2-3,8-13,19H2,1H3,(H,20,23);1H. The molecule has 0 radical (unpaired) electrons. The molecule has 1 aromatic rings. The molecule has 2 rings (SSSR count). The number of benzene rings is 1. The highest BCUT2D eigenvalue weighted by atomic mass is 35.5. The molecule has 0 spiro atoms. The first-order valence-corrected chi connectivity index (χ1v) is 8.50. The minimum atomic E-state index is 0. The predicted molar refractivity (Wildman–Crippen MR) is 99.0 cm³/mol. The highest BCUT2D eigenvalue weighted by Gasteiger charge is 2.26. The number of nitrogen functional groups attached to an aromatic ring is 1.